The van der Waals surface area contributed by atoms with Gasteiger partial charge in [0.2, 0.25) is 0 Å². The number of rotatable bonds is 2. The summed E-state index contributed by atoms with van der Waals surface area (Å²) in [6.45, 7) is 2.24. The molecule has 1 fully saturated rings. The molecule has 0 heterocycles. The van der Waals surface area contributed by atoms with Crippen LogP contribution in [0.1, 0.15) is 32.6 Å². The standard InChI is InChI=1S/C10H16N2/c1-7-4-8(10(11)5-7)6-12-9-2-3-9/h6-7,9H,2-5,11H2,1H3. The van der Waals surface area contributed by atoms with Crippen molar-refractivity contribution in [3.63, 3.8) is 0 Å². The van der Waals surface area contributed by atoms with E-state index in [1.807, 2.05) is 6.21 Å². The number of hydrogen-bond donors (Lipinski definition) is 1. The van der Waals surface area contributed by atoms with Crippen LogP contribution in [0.2, 0.25) is 0 Å². The fourth-order valence-electron chi connectivity index (χ4n) is 1.64. The van der Waals surface area contributed by atoms with E-state index in [1.165, 1.54) is 18.4 Å². The zero-order valence-electron chi connectivity index (χ0n) is 7.59. The van der Waals surface area contributed by atoms with E-state index in [0.717, 1.165) is 24.5 Å². The first-order valence-electron chi connectivity index (χ1n) is 4.76. The van der Waals surface area contributed by atoms with Crippen LogP contribution in [0.3, 0.4) is 0 Å². The molecule has 0 aliphatic heterocycles. The summed E-state index contributed by atoms with van der Waals surface area (Å²) in [7, 11) is 0. The Hall–Kier alpha value is -0.790. The van der Waals surface area contributed by atoms with E-state index in [-0.39, 0.29) is 0 Å². The van der Waals surface area contributed by atoms with E-state index in [0.29, 0.717) is 6.04 Å². The monoisotopic (exact) mass is 164 g/mol. The van der Waals surface area contributed by atoms with Gasteiger partial charge in [-0.2, -0.15) is 0 Å². The van der Waals surface area contributed by atoms with Crippen LogP contribution in [0.15, 0.2) is 16.3 Å². The molecule has 0 aromatic carbocycles. The maximum atomic E-state index is 5.86. The highest BCUT2D eigenvalue weighted by Crippen LogP contribution is 2.28. The molecule has 66 valence electrons. The largest absolute Gasteiger partial charge is 0.402 e. The molecule has 1 atom stereocenters. The Morgan fingerprint density at radius 3 is 2.67 bits per heavy atom. The first-order valence-corrected chi connectivity index (χ1v) is 4.76. The van der Waals surface area contributed by atoms with Crippen LogP contribution < -0.4 is 5.73 Å². The summed E-state index contributed by atoms with van der Waals surface area (Å²) >= 11 is 0. The van der Waals surface area contributed by atoms with E-state index in [2.05, 4.69) is 11.9 Å². The summed E-state index contributed by atoms with van der Waals surface area (Å²) in [4.78, 5) is 4.44. The number of allylic oxidation sites excluding steroid dienone is 2. The Labute approximate surface area is 73.6 Å². The molecule has 12 heavy (non-hydrogen) atoms. The molecule has 0 bridgehead atoms. The zero-order valence-corrected chi connectivity index (χ0v) is 7.59. The van der Waals surface area contributed by atoms with Crippen LogP contribution in [-0.4, -0.2) is 12.3 Å². The summed E-state index contributed by atoms with van der Waals surface area (Å²) in [6.07, 6.45) is 6.75. The van der Waals surface area contributed by atoms with Gasteiger partial charge in [-0.3, -0.25) is 4.99 Å². The minimum atomic E-state index is 0.626. The van der Waals surface area contributed by atoms with E-state index in [9.17, 15) is 0 Å². The first-order chi connectivity index (χ1) is 5.75. The van der Waals surface area contributed by atoms with Crippen molar-refractivity contribution < 1.29 is 0 Å². The first kappa shape index (κ1) is 7.84. The topological polar surface area (TPSA) is 38.4 Å². The average Bonchev–Trinajstić information content (AvgIpc) is 2.76. The van der Waals surface area contributed by atoms with Crippen LogP contribution in [0.25, 0.3) is 0 Å². The van der Waals surface area contributed by atoms with Gasteiger partial charge in [0.1, 0.15) is 0 Å². The molecule has 2 nitrogen and oxygen atoms in total. The van der Waals surface area contributed by atoms with Crippen LogP contribution >= 0.6 is 0 Å². The summed E-state index contributed by atoms with van der Waals surface area (Å²) in [6, 6.07) is 0.626. The van der Waals surface area contributed by atoms with Gasteiger partial charge in [-0.05, 0) is 37.2 Å². The molecule has 0 spiro atoms. The third kappa shape index (κ3) is 1.68. The quantitative estimate of drug-likeness (QED) is 0.621. The smallest absolute Gasteiger partial charge is 0.0501 e. The van der Waals surface area contributed by atoms with Gasteiger partial charge < -0.3 is 5.73 Å². The number of nitrogens with two attached hydrogens (primary N) is 1. The molecule has 2 aliphatic rings. The highest BCUT2D eigenvalue weighted by atomic mass is 14.8. The Balaban J connectivity index is 1.97. The molecule has 0 radical (unpaired) electrons. The predicted octanol–water partition coefficient (Wildman–Crippen LogP) is 1.86. The van der Waals surface area contributed by atoms with Crippen molar-refractivity contribution >= 4 is 6.21 Å². The van der Waals surface area contributed by atoms with Crippen LogP contribution in [0.5, 0.6) is 0 Å². The van der Waals surface area contributed by atoms with Crippen molar-refractivity contribution in [2.75, 3.05) is 0 Å². The molecule has 2 heteroatoms. The lowest BCUT2D eigenvalue weighted by Crippen LogP contribution is -1.97. The maximum Gasteiger partial charge on any atom is 0.0501 e. The van der Waals surface area contributed by atoms with Gasteiger partial charge >= 0.3 is 0 Å². The van der Waals surface area contributed by atoms with Gasteiger partial charge in [0, 0.05) is 11.9 Å². The third-order valence-electron chi connectivity index (χ3n) is 2.54. The normalized spacial score (nSPS) is 30.6. The molecule has 2 N–H and O–H groups in total. The molecular weight excluding hydrogens is 148 g/mol. The Kier molecular flexibility index (Phi) is 1.91. The second-order valence-corrected chi connectivity index (χ2v) is 4.07. The lowest BCUT2D eigenvalue weighted by molar-refractivity contribution is 0.623. The minimum Gasteiger partial charge on any atom is -0.402 e. The van der Waals surface area contributed by atoms with Crippen LogP contribution in [0.4, 0.5) is 0 Å². The zero-order chi connectivity index (χ0) is 8.55. The van der Waals surface area contributed by atoms with E-state index >= 15 is 0 Å². The van der Waals surface area contributed by atoms with Crippen molar-refractivity contribution in [1.82, 2.24) is 0 Å². The lowest BCUT2D eigenvalue weighted by Gasteiger charge is -1.96. The van der Waals surface area contributed by atoms with E-state index in [4.69, 9.17) is 5.73 Å². The molecule has 2 aliphatic carbocycles. The van der Waals surface area contributed by atoms with Crippen LogP contribution in [0, 0.1) is 5.92 Å². The van der Waals surface area contributed by atoms with Gasteiger partial charge in [-0.1, -0.05) is 6.92 Å². The number of hydrogen-bond acceptors (Lipinski definition) is 2. The summed E-state index contributed by atoms with van der Waals surface area (Å²) in [5, 5.41) is 0. The predicted molar refractivity (Wildman–Crippen MR) is 51.1 cm³/mol. The van der Waals surface area contributed by atoms with Crippen LogP contribution in [-0.2, 0) is 0 Å². The number of nitrogens with zero attached hydrogens (tertiary/aromatic N) is 1. The van der Waals surface area contributed by atoms with E-state index in [1.54, 1.807) is 0 Å². The SMILES string of the molecule is CC1CC(N)=C(C=NC2CC2)C1. The summed E-state index contributed by atoms with van der Waals surface area (Å²) in [5.41, 5.74) is 8.21. The molecule has 2 rings (SSSR count). The highest BCUT2D eigenvalue weighted by molar-refractivity contribution is 5.80. The summed E-state index contributed by atoms with van der Waals surface area (Å²) in [5.74, 6) is 0.727. The van der Waals surface area contributed by atoms with Crippen molar-refractivity contribution in [2.24, 2.45) is 16.6 Å². The van der Waals surface area contributed by atoms with Crippen molar-refractivity contribution in [3.8, 4) is 0 Å². The Bertz CT molecular complexity index is 236. The Morgan fingerprint density at radius 2 is 2.17 bits per heavy atom. The second-order valence-electron chi connectivity index (χ2n) is 4.07. The molecular formula is C10H16N2. The van der Waals surface area contributed by atoms with E-state index < -0.39 is 0 Å². The molecule has 1 unspecified atom stereocenters. The second kappa shape index (κ2) is 2.92. The fraction of sp³-hybridized carbons (Fsp3) is 0.700. The van der Waals surface area contributed by atoms with Crippen molar-refractivity contribution in [1.29, 1.82) is 0 Å². The van der Waals surface area contributed by atoms with Gasteiger partial charge in [-0.15, -0.1) is 0 Å². The van der Waals surface area contributed by atoms with Gasteiger partial charge in [-0.25, -0.2) is 0 Å². The highest BCUT2D eigenvalue weighted by Gasteiger charge is 2.21. The van der Waals surface area contributed by atoms with Gasteiger partial charge in [0.05, 0.1) is 6.04 Å². The van der Waals surface area contributed by atoms with Crippen molar-refractivity contribution in [3.05, 3.63) is 11.3 Å². The molecule has 0 aromatic heterocycles. The molecule has 0 aromatic rings. The van der Waals surface area contributed by atoms with Gasteiger partial charge in [0.15, 0.2) is 0 Å². The third-order valence-corrected chi connectivity index (χ3v) is 2.54. The van der Waals surface area contributed by atoms with Gasteiger partial charge in [0.25, 0.3) is 0 Å². The Morgan fingerprint density at radius 1 is 1.42 bits per heavy atom. The summed E-state index contributed by atoms with van der Waals surface area (Å²) < 4.78 is 0. The molecule has 1 saturated carbocycles. The molecule has 0 saturated heterocycles. The minimum absolute atomic E-state index is 0.626. The van der Waals surface area contributed by atoms with Crippen molar-refractivity contribution in [2.45, 2.75) is 38.6 Å². The average molecular weight is 164 g/mol. The maximum absolute atomic E-state index is 5.86. The fourth-order valence-corrected chi connectivity index (χ4v) is 1.64. The number of aliphatic imine (C=N–C) groups is 1. The lowest BCUT2D eigenvalue weighted by atomic mass is 10.1. The molecule has 0 amide bonds.